The maximum Gasteiger partial charge on any atom is 0.380 e. The van der Waals surface area contributed by atoms with Crippen LogP contribution in [0.25, 0.3) is 44.2 Å². The van der Waals surface area contributed by atoms with E-state index in [0.717, 1.165) is 72.6 Å². The highest BCUT2D eigenvalue weighted by Crippen LogP contribution is 2.66. The summed E-state index contributed by atoms with van der Waals surface area (Å²) in [4.78, 5) is 27.7. The van der Waals surface area contributed by atoms with Crippen LogP contribution in [0.2, 0.25) is 0 Å². The summed E-state index contributed by atoms with van der Waals surface area (Å²) in [6.45, 7) is 13.7. The predicted molar refractivity (Wildman–Crippen MR) is 358 cm³/mol. The molecule has 2 atom stereocenters. The fourth-order valence-electron chi connectivity index (χ4n) is 13.2. The summed E-state index contributed by atoms with van der Waals surface area (Å²) in [7, 11) is 0. The molecule has 8 aromatic rings. The molecule has 2 aliphatic heterocycles. The first-order valence-corrected chi connectivity index (χ1v) is 32.5. The molecule has 0 radical (unpaired) electrons. The molecular weight excluding hydrogens is 1240 g/mol. The first kappa shape index (κ1) is 65.6. The second kappa shape index (κ2) is 25.9. The molecule has 484 valence electrons. The van der Waals surface area contributed by atoms with Gasteiger partial charge in [0.15, 0.2) is 0 Å². The highest BCUT2D eigenvalue weighted by atomic mass is 32.1. The molecule has 3 aliphatic rings. The van der Waals surface area contributed by atoms with Gasteiger partial charge < -0.3 is 29.5 Å². The molecule has 2 N–H and O–H groups in total. The molecule has 12 nitrogen and oxygen atoms in total. The number of unbranched alkanes of at least 4 members (excludes halogenated alkanes) is 4. The van der Waals surface area contributed by atoms with Crippen LogP contribution in [0.1, 0.15) is 109 Å². The maximum atomic E-state index is 16.3. The number of nitrogens with zero attached hydrogens (tertiary/aromatic N) is 4. The van der Waals surface area contributed by atoms with Gasteiger partial charge in [0.2, 0.25) is 0 Å². The van der Waals surface area contributed by atoms with Crippen molar-refractivity contribution >= 4 is 68.7 Å². The van der Waals surface area contributed by atoms with Crippen LogP contribution in [0.5, 0.6) is 23.0 Å². The molecular formula is C73H70F6N4O8S2. The number of nitro benzene ring substituents is 2. The number of nitro groups is 2. The van der Waals surface area contributed by atoms with Crippen molar-refractivity contribution in [2.45, 2.75) is 121 Å². The molecule has 0 saturated heterocycles. The molecule has 0 saturated carbocycles. The summed E-state index contributed by atoms with van der Waals surface area (Å²) in [5.41, 5.74) is 1.92. The van der Waals surface area contributed by atoms with Crippen molar-refractivity contribution in [2.75, 3.05) is 36.1 Å². The van der Waals surface area contributed by atoms with Crippen molar-refractivity contribution in [3.63, 3.8) is 0 Å². The van der Waals surface area contributed by atoms with E-state index >= 15 is 26.3 Å². The number of benzene rings is 6. The van der Waals surface area contributed by atoms with Gasteiger partial charge in [0.05, 0.1) is 35.1 Å². The Bertz CT molecular complexity index is 3950. The van der Waals surface area contributed by atoms with Gasteiger partial charge >= 0.3 is 17.8 Å². The molecule has 20 heteroatoms. The SMILES string of the molecule is Cc1sc(-c2ccc(OCCCCCN3c4ccccc4C(C)(C)C3/C=C/c3cc([N+](=O)[O-])ccc3O)cc2)cc1C1=C(c2cc(-c3ccc(OCCCCCN4c5ccccc5C(C)(C)C4/C=C/c4cc([N+](=O)[O-])ccc4O)cc3)sc2C)C(F)(F)C(F)(F)C1(F)F. The number of aromatic hydroxyl groups is 2. The van der Waals surface area contributed by atoms with E-state index in [9.17, 15) is 30.4 Å². The Labute approximate surface area is 543 Å². The van der Waals surface area contributed by atoms with E-state index in [0.29, 0.717) is 69.8 Å². The quantitative estimate of drug-likeness (QED) is 0.0259. The summed E-state index contributed by atoms with van der Waals surface area (Å²) < 4.78 is 109. The number of alkyl halides is 6. The second-order valence-electron chi connectivity index (χ2n) is 25.0. The molecule has 0 bridgehead atoms. The maximum absolute atomic E-state index is 16.3. The zero-order valence-electron chi connectivity index (χ0n) is 52.1. The fourth-order valence-corrected chi connectivity index (χ4v) is 15.3. The Balaban J connectivity index is 0.707. The number of aryl methyl sites for hydroxylation is 2. The minimum Gasteiger partial charge on any atom is -0.507 e. The monoisotopic (exact) mass is 1310 g/mol. The molecule has 2 unspecified atom stereocenters. The van der Waals surface area contributed by atoms with Gasteiger partial charge in [-0.2, -0.15) is 26.3 Å². The van der Waals surface area contributed by atoms with Gasteiger partial charge in [0.25, 0.3) is 11.4 Å². The lowest BCUT2D eigenvalue weighted by Gasteiger charge is -2.32. The van der Waals surface area contributed by atoms with Gasteiger partial charge in [-0.1, -0.05) is 88.4 Å². The third-order valence-corrected chi connectivity index (χ3v) is 20.5. The molecule has 4 heterocycles. The number of halogens is 6. The Morgan fingerprint density at radius 1 is 0.516 bits per heavy atom. The lowest BCUT2D eigenvalue weighted by molar-refractivity contribution is -0.385. The van der Waals surface area contributed by atoms with Crippen LogP contribution in [-0.2, 0) is 10.8 Å². The highest BCUT2D eigenvalue weighted by molar-refractivity contribution is 7.16. The van der Waals surface area contributed by atoms with E-state index in [1.54, 1.807) is 60.7 Å². The van der Waals surface area contributed by atoms with Gasteiger partial charge in [-0.3, -0.25) is 20.2 Å². The summed E-state index contributed by atoms with van der Waals surface area (Å²) >= 11 is 2.08. The van der Waals surface area contributed by atoms with Crippen LogP contribution >= 0.6 is 22.7 Å². The minimum absolute atomic E-state index is 0.0554. The number of non-ortho nitro benzene ring substituents is 2. The van der Waals surface area contributed by atoms with Crippen LogP contribution in [0.4, 0.5) is 49.1 Å². The number of phenols is 2. The molecule has 1 aliphatic carbocycles. The van der Waals surface area contributed by atoms with E-state index in [-0.39, 0.29) is 66.7 Å². The van der Waals surface area contributed by atoms with E-state index in [1.807, 2.05) is 36.4 Å². The van der Waals surface area contributed by atoms with Crippen molar-refractivity contribution < 1.29 is 55.9 Å². The summed E-state index contributed by atoms with van der Waals surface area (Å²) in [6.07, 6.45) is 12.2. The summed E-state index contributed by atoms with van der Waals surface area (Å²) in [5.74, 6) is -15.2. The fraction of sp³-hybridized carbons (Fsp3) is 0.315. The average molecular weight is 1310 g/mol. The van der Waals surface area contributed by atoms with Gasteiger partial charge in [0.1, 0.15) is 23.0 Å². The normalized spacial score (nSPS) is 18.2. The van der Waals surface area contributed by atoms with Crippen LogP contribution in [0.15, 0.2) is 158 Å². The number of phenolic OH excluding ortho intramolecular Hbond substituents is 2. The second-order valence-corrected chi connectivity index (χ2v) is 27.5. The van der Waals surface area contributed by atoms with Crippen LogP contribution in [0, 0.1) is 34.1 Å². The molecule has 93 heavy (non-hydrogen) atoms. The molecule has 6 aromatic carbocycles. The first-order chi connectivity index (χ1) is 44.2. The zero-order chi connectivity index (χ0) is 66.4. The third-order valence-electron chi connectivity index (χ3n) is 18.3. The van der Waals surface area contributed by atoms with E-state index in [1.165, 1.54) is 73.5 Å². The smallest absolute Gasteiger partial charge is 0.380 e. The van der Waals surface area contributed by atoms with Crippen molar-refractivity contribution in [2.24, 2.45) is 0 Å². The minimum atomic E-state index is -5.73. The van der Waals surface area contributed by atoms with Crippen molar-refractivity contribution in [3.05, 3.63) is 221 Å². The summed E-state index contributed by atoms with van der Waals surface area (Å²) in [6, 6.07) is 40.3. The predicted octanol–water partition coefficient (Wildman–Crippen LogP) is 19.7. The molecule has 0 fully saturated rings. The average Bonchev–Trinajstić information content (AvgIpc) is 1.53. The molecule has 2 aromatic heterocycles. The molecule has 11 rings (SSSR count). The molecule has 0 amide bonds. The lowest BCUT2D eigenvalue weighted by atomic mass is 9.80. The van der Waals surface area contributed by atoms with Gasteiger partial charge in [0, 0.05) is 101 Å². The van der Waals surface area contributed by atoms with Crippen molar-refractivity contribution in [1.82, 2.24) is 0 Å². The topological polar surface area (TPSA) is 152 Å². The van der Waals surface area contributed by atoms with Gasteiger partial charge in [-0.15, -0.1) is 22.7 Å². The van der Waals surface area contributed by atoms with Gasteiger partial charge in [-0.05, 0) is 171 Å². The standard InChI is InChI=1S/C73H70F6N4O8S2/c1-45-55(43-63(92-45)47-21-29-53(30-22-47)90-39-15-7-13-37-80-59-19-11-9-17-57(59)69(3,4)65(80)35-25-49-41-51(82(86)87)27-33-61(49)84)67-68(72(76,77)73(78,79)71(67,74)75)56-44-64(93-46(56)2)48-23-31-54(32-24-48)91-40-16-8-14-38-81-60-20-12-10-18-58(60)70(5,6)66(81)36-26-50-42-52(83(88)89)28-34-62(50)85/h9-12,17-36,41-44,65-66,84-85H,7-8,13-16,37-40H2,1-6H3/b35-25+,36-26+. The number of rotatable bonds is 24. The number of ether oxygens (including phenoxy) is 2. The van der Waals surface area contributed by atoms with E-state index in [4.69, 9.17) is 9.47 Å². The number of allylic oxidation sites excluding steroid dienone is 2. The Morgan fingerprint density at radius 3 is 1.27 bits per heavy atom. The number of thiophene rings is 2. The van der Waals surface area contributed by atoms with Crippen LogP contribution in [-0.4, -0.2) is 76.2 Å². The molecule has 0 spiro atoms. The van der Waals surface area contributed by atoms with E-state index in [2.05, 4.69) is 61.8 Å². The lowest BCUT2D eigenvalue weighted by Crippen LogP contribution is -2.48. The first-order valence-electron chi connectivity index (χ1n) is 30.8. The van der Waals surface area contributed by atoms with Crippen LogP contribution < -0.4 is 19.3 Å². The van der Waals surface area contributed by atoms with Crippen molar-refractivity contribution in [1.29, 1.82) is 0 Å². The number of para-hydroxylation sites is 2. The highest BCUT2D eigenvalue weighted by Gasteiger charge is 2.80. The number of fused-ring (bicyclic) bond motifs is 2. The Kier molecular flexibility index (Phi) is 18.3. The number of hydrogen-bond acceptors (Lipinski definition) is 12. The number of anilines is 2. The van der Waals surface area contributed by atoms with Gasteiger partial charge in [-0.25, -0.2) is 0 Å². The van der Waals surface area contributed by atoms with E-state index < -0.39 is 38.8 Å². The summed E-state index contributed by atoms with van der Waals surface area (Å²) in [5, 5.41) is 43.9. The van der Waals surface area contributed by atoms with Crippen molar-refractivity contribution in [3.8, 4) is 43.9 Å². The number of hydrogen-bond donors (Lipinski definition) is 2. The van der Waals surface area contributed by atoms with Crippen LogP contribution in [0.3, 0.4) is 0 Å². The Hall–Kier alpha value is -8.88. The largest absolute Gasteiger partial charge is 0.507 e. The zero-order valence-corrected chi connectivity index (χ0v) is 53.7. The Morgan fingerprint density at radius 2 is 0.892 bits per heavy atom. The third kappa shape index (κ3) is 12.5.